The SMILES string of the molecule is Cc1nn(-c2ccccc2)c(C)c1C(=O)C(=O)NC(C)c1ccccn1. The Balaban J connectivity index is 1.84. The Bertz CT molecular complexity index is 933. The van der Waals surface area contributed by atoms with Crippen molar-refractivity contribution in [2.24, 2.45) is 0 Å². The van der Waals surface area contributed by atoms with Crippen molar-refractivity contribution in [1.29, 1.82) is 0 Å². The molecule has 0 aliphatic carbocycles. The normalized spacial score (nSPS) is 11.8. The minimum atomic E-state index is -0.665. The molecule has 2 heterocycles. The number of amides is 1. The zero-order chi connectivity index (χ0) is 18.7. The van der Waals surface area contributed by atoms with Crippen molar-refractivity contribution in [2.75, 3.05) is 0 Å². The van der Waals surface area contributed by atoms with Crippen LogP contribution in [0.1, 0.15) is 40.4 Å². The number of benzene rings is 1. The van der Waals surface area contributed by atoms with Gasteiger partial charge in [0.2, 0.25) is 0 Å². The summed E-state index contributed by atoms with van der Waals surface area (Å²) in [7, 11) is 0. The molecular formula is C20H20N4O2. The van der Waals surface area contributed by atoms with Crippen LogP contribution < -0.4 is 5.32 Å². The molecular weight excluding hydrogens is 328 g/mol. The van der Waals surface area contributed by atoms with Gasteiger partial charge in [-0.25, -0.2) is 4.68 Å². The van der Waals surface area contributed by atoms with E-state index < -0.39 is 11.7 Å². The first-order chi connectivity index (χ1) is 12.5. The fourth-order valence-corrected chi connectivity index (χ4v) is 2.87. The predicted molar refractivity (Wildman–Crippen MR) is 98.2 cm³/mol. The standard InChI is InChI=1S/C20H20N4O2/c1-13(17-11-7-8-12-21-17)22-20(26)19(25)18-14(2)23-24(15(18)3)16-9-5-4-6-10-16/h4-13H,1-3H3,(H,22,26). The second-order valence-corrected chi connectivity index (χ2v) is 6.07. The zero-order valence-electron chi connectivity index (χ0n) is 14.9. The Morgan fingerprint density at radius 3 is 2.38 bits per heavy atom. The monoisotopic (exact) mass is 348 g/mol. The van der Waals surface area contributed by atoms with E-state index in [-0.39, 0.29) is 6.04 Å². The Kier molecular flexibility index (Phi) is 4.93. The molecule has 1 atom stereocenters. The van der Waals surface area contributed by atoms with Crippen LogP contribution in [0.5, 0.6) is 0 Å². The topological polar surface area (TPSA) is 76.9 Å². The molecule has 0 spiro atoms. The van der Waals surface area contributed by atoms with Gasteiger partial charge in [0, 0.05) is 6.20 Å². The number of ketones is 1. The Morgan fingerprint density at radius 2 is 1.73 bits per heavy atom. The Labute approximate surface area is 151 Å². The van der Waals surface area contributed by atoms with E-state index in [2.05, 4.69) is 15.4 Å². The van der Waals surface area contributed by atoms with Crippen LogP contribution in [0, 0.1) is 13.8 Å². The first-order valence-corrected chi connectivity index (χ1v) is 8.36. The Morgan fingerprint density at radius 1 is 1.04 bits per heavy atom. The van der Waals surface area contributed by atoms with Gasteiger partial charge in [-0.3, -0.25) is 14.6 Å². The molecule has 1 aromatic carbocycles. The van der Waals surface area contributed by atoms with Crippen LogP contribution >= 0.6 is 0 Å². The molecule has 0 aliphatic rings. The van der Waals surface area contributed by atoms with E-state index in [1.165, 1.54) is 0 Å². The first-order valence-electron chi connectivity index (χ1n) is 8.36. The zero-order valence-corrected chi connectivity index (χ0v) is 14.9. The molecule has 6 heteroatoms. The van der Waals surface area contributed by atoms with Gasteiger partial charge in [0.05, 0.1) is 34.4 Å². The van der Waals surface area contributed by atoms with Crippen molar-refractivity contribution >= 4 is 11.7 Å². The van der Waals surface area contributed by atoms with Crippen LogP contribution in [0.25, 0.3) is 5.69 Å². The molecule has 132 valence electrons. The summed E-state index contributed by atoms with van der Waals surface area (Å²) < 4.78 is 1.68. The minimum absolute atomic E-state index is 0.333. The fraction of sp³-hybridized carbons (Fsp3) is 0.200. The summed E-state index contributed by atoms with van der Waals surface area (Å²) in [5, 5.41) is 7.13. The molecule has 0 aliphatic heterocycles. The number of carbonyl (C=O) groups is 2. The van der Waals surface area contributed by atoms with E-state index in [0.717, 1.165) is 5.69 Å². The minimum Gasteiger partial charge on any atom is -0.341 e. The second kappa shape index (κ2) is 7.31. The highest BCUT2D eigenvalue weighted by Crippen LogP contribution is 2.19. The number of aromatic nitrogens is 3. The van der Waals surface area contributed by atoms with E-state index >= 15 is 0 Å². The van der Waals surface area contributed by atoms with Crippen LogP contribution in [0.3, 0.4) is 0 Å². The maximum Gasteiger partial charge on any atom is 0.293 e. The quantitative estimate of drug-likeness (QED) is 0.568. The molecule has 3 rings (SSSR count). The summed E-state index contributed by atoms with van der Waals surface area (Å²) in [6.45, 7) is 5.31. The number of nitrogens with zero attached hydrogens (tertiary/aromatic N) is 3. The number of rotatable bonds is 5. The van der Waals surface area contributed by atoms with Crippen molar-refractivity contribution in [2.45, 2.75) is 26.8 Å². The summed E-state index contributed by atoms with van der Waals surface area (Å²) >= 11 is 0. The Hall–Kier alpha value is -3.28. The lowest BCUT2D eigenvalue weighted by Gasteiger charge is -2.12. The number of aryl methyl sites for hydroxylation is 1. The molecule has 0 saturated carbocycles. The molecule has 0 saturated heterocycles. The predicted octanol–water partition coefficient (Wildman–Crippen LogP) is 2.94. The highest BCUT2D eigenvalue weighted by molar-refractivity contribution is 6.43. The van der Waals surface area contributed by atoms with Crippen molar-refractivity contribution < 1.29 is 9.59 Å². The second-order valence-electron chi connectivity index (χ2n) is 6.07. The summed E-state index contributed by atoms with van der Waals surface area (Å²) in [6.07, 6.45) is 1.65. The summed E-state index contributed by atoms with van der Waals surface area (Å²) in [5.74, 6) is -1.26. The van der Waals surface area contributed by atoms with E-state index in [1.807, 2.05) is 36.4 Å². The van der Waals surface area contributed by atoms with E-state index in [1.54, 1.807) is 43.8 Å². The lowest BCUT2D eigenvalue weighted by atomic mass is 10.1. The van der Waals surface area contributed by atoms with Crippen molar-refractivity contribution in [3.63, 3.8) is 0 Å². The van der Waals surface area contributed by atoms with Gasteiger partial charge < -0.3 is 5.32 Å². The van der Waals surface area contributed by atoms with Crippen molar-refractivity contribution in [3.05, 3.63) is 77.4 Å². The smallest absolute Gasteiger partial charge is 0.293 e. The maximum absolute atomic E-state index is 12.7. The molecule has 0 fully saturated rings. The van der Waals surface area contributed by atoms with Gasteiger partial charge >= 0.3 is 0 Å². The average molecular weight is 348 g/mol. The molecule has 2 aromatic heterocycles. The fourth-order valence-electron chi connectivity index (χ4n) is 2.87. The number of para-hydroxylation sites is 1. The molecule has 1 N–H and O–H groups in total. The van der Waals surface area contributed by atoms with Crippen LogP contribution in [0.4, 0.5) is 0 Å². The number of pyridine rings is 1. The van der Waals surface area contributed by atoms with Crippen LogP contribution in [0.2, 0.25) is 0 Å². The van der Waals surface area contributed by atoms with E-state index in [4.69, 9.17) is 0 Å². The van der Waals surface area contributed by atoms with Crippen LogP contribution in [0.15, 0.2) is 54.7 Å². The van der Waals surface area contributed by atoms with Crippen molar-refractivity contribution in [1.82, 2.24) is 20.1 Å². The maximum atomic E-state index is 12.7. The lowest BCUT2D eigenvalue weighted by Crippen LogP contribution is -2.34. The summed E-state index contributed by atoms with van der Waals surface area (Å²) in [4.78, 5) is 29.4. The van der Waals surface area contributed by atoms with E-state index in [9.17, 15) is 9.59 Å². The number of carbonyl (C=O) groups excluding carboxylic acids is 2. The number of Topliss-reactive ketones (excluding diaryl/α,β-unsaturated/α-hetero) is 1. The first kappa shape index (κ1) is 17.5. The molecule has 0 radical (unpaired) electrons. The van der Waals surface area contributed by atoms with Gasteiger partial charge in [0.25, 0.3) is 11.7 Å². The van der Waals surface area contributed by atoms with E-state index in [0.29, 0.717) is 22.6 Å². The number of hydrogen-bond acceptors (Lipinski definition) is 4. The third kappa shape index (κ3) is 3.39. The average Bonchev–Trinajstić information content (AvgIpc) is 2.96. The lowest BCUT2D eigenvalue weighted by molar-refractivity contribution is -0.117. The molecule has 1 amide bonds. The molecule has 0 bridgehead atoms. The van der Waals surface area contributed by atoms with Crippen molar-refractivity contribution in [3.8, 4) is 5.69 Å². The molecule has 3 aromatic rings. The van der Waals surface area contributed by atoms with Gasteiger partial charge in [-0.15, -0.1) is 0 Å². The van der Waals surface area contributed by atoms with Gasteiger partial charge in [-0.05, 0) is 45.0 Å². The summed E-state index contributed by atoms with van der Waals surface area (Å²) in [6, 6.07) is 14.6. The largest absolute Gasteiger partial charge is 0.341 e. The molecule has 26 heavy (non-hydrogen) atoms. The van der Waals surface area contributed by atoms with Crippen LogP contribution in [-0.4, -0.2) is 26.5 Å². The molecule has 1 unspecified atom stereocenters. The summed E-state index contributed by atoms with van der Waals surface area (Å²) in [5.41, 5.74) is 3.03. The third-order valence-corrected chi connectivity index (χ3v) is 4.20. The number of hydrogen-bond donors (Lipinski definition) is 1. The van der Waals surface area contributed by atoms with Gasteiger partial charge in [0.15, 0.2) is 0 Å². The highest BCUT2D eigenvalue weighted by atomic mass is 16.2. The van der Waals surface area contributed by atoms with Crippen LogP contribution in [-0.2, 0) is 4.79 Å². The highest BCUT2D eigenvalue weighted by Gasteiger charge is 2.26. The molecule has 6 nitrogen and oxygen atoms in total. The third-order valence-electron chi connectivity index (χ3n) is 4.20. The number of nitrogens with one attached hydrogen (secondary N) is 1. The van der Waals surface area contributed by atoms with Gasteiger partial charge in [0.1, 0.15) is 0 Å². The van der Waals surface area contributed by atoms with Gasteiger partial charge in [-0.2, -0.15) is 5.10 Å². The van der Waals surface area contributed by atoms with Gasteiger partial charge in [-0.1, -0.05) is 24.3 Å².